The summed E-state index contributed by atoms with van der Waals surface area (Å²) in [6.45, 7) is 4.91. The van der Waals surface area contributed by atoms with E-state index in [9.17, 15) is 0 Å². The first-order chi connectivity index (χ1) is 9.24. The lowest BCUT2D eigenvalue weighted by atomic mass is 9.97. The van der Waals surface area contributed by atoms with Gasteiger partial charge >= 0.3 is 0 Å². The zero-order chi connectivity index (χ0) is 13.2. The first-order valence-electron chi connectivity index (χ1n) is 7.49. The predicted molar refractivity (Wildman–Crippen MR) is 88.3 cm³/mol. The summed E-state index contributed by atoms with van der Waals surface area (Å²) >= 11 is 2.37. The fourth-order valence-corrected chi connectivity index (χ4v) is 3.97. The molecule has 0 amide bonds. The molecule has 19 heavy (non-hydrogen) atoms. The summed E-state index contributed by atoms with van der Waals surface area (Å²) in [6.07, 6.45) is 5.52. The van der Waals surface area contributed by atoms with Crippen molar-refractivity contribution in [1.29, 1.82) is 0 Å². The molecule has 2 heterocycles. The van der Waals surface area contributed by atoms with Gasteiger partial charge in [0.2, 0.25) is 0 Å². The van der Waals surface area contributed by atoms with Crippen LogP contribution in [0.2, 0.25) is 0 Å². The van der Waals surface area contributed by atoms with E-state index >= 15 is 0 Å². The molecule has 1 aromatic carbocycles. The van der Waals surface area contributed by atoms with E-state index in [0.717, 1.165) is 6.04 Å². The van der Waals surface area contributed by atoms with Gasteiger partial charge < -0.3 is 5.32 Å². The highest BCUT2D eigenvalue weighted by Crippen LogP contribution is 2.28. The molecule has 2 aliphatic rings. The van der Waals surface area contributed by atoms with Crippen molar-refractivity contribution in [3.05, 3.63) is 33.4 Å². The largest absolute Gasteiger partial charge is 0.306 e. The van der Waals surface area contributed by atoms with Gasteiger partial charge in [-0.25, -0.2) is 0 Å². The molecule has 3 heteroatoms. The number of halogens is 1. The van der Waals surface area contributed by atoms with Gasteiger partial charge in [-0.05, 0) is 73.0 Å². The molecule has 2 saturated heterocycles. The van der Waals surface area contributed by atoms with Crippen LogP contribution in [-0.4, -0.2) is 30.1 Å². The van der Waals surface area contributed by atoms with Crippen molar-refractivity contribution in [2.24, 2.45) is 0 Å². The van der Waals surface area contributed by atoms with Crippen LogP contribution in [0.1, 0.15) is 44.2 Å². The summed E-state index contributed by atoms with van der Waals surface area (Å²) in [4.78, 5) is 2.70. The standard InChI is InChI=1S/C16H23IN2/c1-12(13-5-7-14(17)8-6-13)18-15-9-11-19-10-3-2-4-16(15)19/h5-8,12,15-16,18H,2-4,9-11H2,1H3. The highest BCUT2D eigenvalue weighted by molar-refractivity contribution is 14.1. The van der Waals surface area contributed by atoms with Gasteiger partial charge in [0.1, 0.15) is 0 Å². The highest BCUT2D eigenvalue weighted by atomic mass is 127. The minimum absolute atomic E-state index is 0.462. The normalized spacial score (nSPS) is 29.2. The van der Waals surface area contributed by atoms with Crippen LogP contribution < -0.4 is 5.32 Å². The number of nitrogens with one attached hydrogen (secondary N) is 1. The van der Waals surface area contributed by atoms with Gasteiger partial charge in [0.05, 0.1) is 0 Å². The lowest BCUT2D eigenvalue weighted by Crippen LogP contribution is -2.45. The second-order valence-corrected chi connectivity index (χ2v) is 7.18. The van der Waals surface area contributed by atoms with E-state index in [-0.39, 0.29) is 0 Å². The Hall–Kier alpha value is -0.130. The second kappa shape index (κ2) is 6.10. The Balaban J connectivity index is 1.63. The maximum atomic E-state index is 3.87. The Kier molecular flexibility index (Phi) is 4.44. The smallest absolute Gasteiger partial charge is 0.0295 e. The lowest BCUT2D eigenvalue weighted by molar-refractivity contribution is 0.177. The van der Waals surface area contributed by atoms with Gasteiger partial charge in [-0.15, -0.1) is 0 Å². The molecule has 104 valence electrons. The lowest BCUT2D eigenvalue weighted by Gasteiger charge is -2.34. The van der Waals surface area contributed by atoms with Crippen molar-refractivity contribution >= 4 is 22.6 Å². The van der Waals surface area contributed by atoms with Gasteiger partial charge in [0.15, 0.2) is 0 Å². The molecular weight excluding hydrogens is 347 g/mol. The molecule has 0 aromatic heterocycles. The number of piperidine rings is 1. The molecule has 2 nitrogen and oxygen atoms in total. The summed E-state index contributed by atoms with van der Waals surface area (Å²) in [7, 11) is 0. The van der Waals surface area contributed by atoms with Gasteiger partial charge in [-0.2, -0.15) is 0 Å². The average molecular weight is 370 g/mol. The molecule has 3 atom stereocenters. The first-order valence-corrected chi connectivity index (χ1v) is 8.57. The third kappa shape index (κ3) is 3.14. The molecule has 0 bridgehead atoms. The predicted octanol–water partition coefficient (Wildman–Crippen LogP) is 3.57. The Bertz CT molecular complexity index is 417. The second-order valence-electron chi connectivity index (χ2n) is 5.93. The number of nitrogens with zero attached hydrogens (tertiary/aromatic N) is 1. The molecule has 2 fully saturated rings. The van der Waals surface area contributed by atoms with Crippen molar-refractivity contribution < 1.29 is 0 Å². The molecule has 3 unspecified atom stereocenters. The maximum absolute atomic E-state index is 3.87. The van der Waals surface area contributed by atoms with E-state index in [4.69, 9.17) is 0 Å². The average Bonchev–Trinajstić information content (AvgIpc) is 2.83. The van der Waals surface area contributed by atoms with Crippen LogP contribution in [0.3, 0.4) is 0 Å². The topological polar surface area (TPSA) is 15.3 Å². The summed E-state index contributed by atoms with van der Waals surface area (Å²) in [5.74, 6) is 0. The number of rotatable bonds is 3. The van der Waals surface area contributed by atoms with E-state index < -0.39 is 0 Å². The van der Waals surface area contributed by atoms with Crippen molar-refractivity contribution in [3.63, 3.8) is 0 Å². The zero-order valence-corrected chi connectivity index (χ0v) is 13.8. The van der Waals surface area contributed by atoms with Crippen LogP contribution in [0.5, 0.6) is 0 Å². The van der Waals surface area contributed by atoms with E-state index in [0.29, 0.717) is 12.1 Å². The molecule has 0 radical (unpaired) electrons. The Morgan fingerprint density at radius 1 is 1.16 bits per heavy atom. The fraction of sp³-hybridized carbons (Fsp3) is 0.625. The van der Waals surface area contributed by atoms with Crippen LogP contribution in [0.25, 0.3) is 0 Å². The first kappa shape index (κ1) is 13.8. The third-order valence-corrected chi connectivity index (χ3v) is 5.41. The molecule has 3 rings (SSSR count). The van der Waals surface area contributed by atoms with E-state index in [1.54, 1.807) is 0 Å². The van der Waals surface area contributed by atoms with Gasteiger partial charge in [-0.3, -0.25) is 4.90 Å². The van der Waals surface area contributed by atoms with E-state index in [1.807, 2.05) is 0 Å². The Morgan fingerprint density at radius 2 is 1.95 bits per heavy atom. The monoisotopic (exact) mass is 370 g/mol. The maximum Gasteiger partial charge on any atom is 0.0295 e. The van der Waals surface area contributed by atoms with Crippen molar-refractivity contribution in [1.82, 2.24) is 10.2 Å². The van der Waals surface area contributed by atoms with E-state index in [2.05, 4.69) is 64.0 Å². The molecule has 0 saturated carbocycles. The van der Waals surface area contributed by atoms with Gasteiger partial charge in [-0.1, -0.05) is 18.6 Å². The SMILES string of the molecule is CC(NC1CCN2CCCCC12)c1ccc(I)cc1. The quantitative estimate of drug-likeness (QED) is 0.819. The van der Waals surface area contributed by atoms with Gasteiger partial charge in [0.25, 0.3) is 0 Å². The molecule has 0 aliphatic carbocycles. The van der Waals surface area contributed by atoms with Crippen molar-refractivity contribution in [2.45, 2.75) is 50.7 Å². The summed E-state index contributed by atoms with van der Waals surface area (Å²) < 4.78 is 1.31. The highest BCUT2D eigenvalue weighted by Gasteiger charge is 2.35. The van der Waals surface area contributed by atoms with Crippen LogP contribution in [-0.2, 0) is 0 Å². The number of hydrogen-bond donors (Lipinski definition) is 1. The summed E-state index contributed by atoms with van der Waals surface area (Å²) in [5, 5.41) is 3.87. The van der Waals surface area contributed by atoms with Crippen molar-refractivity contribution in [2.75, 3.05) is 13.1 Å². The molecule has 1 aromatic rings. The fourth-order valence-electron chi connectivity index (χ4n) is 3.61. The van der Waals surface area contributed by atoms with Crippen LogP contribution in [0.4, 0.5) is 0 Å². The number of hydrogen-bond acceptors (Lipinski definition) is 2. The van der Waals surface area contributed by atoms with Crippen LogP contribution >= 0.6 is 22.6 Å². The Labute approximate surface area is 130 Å². The number of benzene rings is 1. The van der Waals surface area contributed by atoms with Crippen molar-refractivity contribution in [3.8, 4) is 0 Å². The van der Waals surface area contributed by atoms with Crippen LogP contribution in [0, 0.1) is 3.57 Å². The Morgan fingerprint density at radius 3 is 2.74 bits per heavy atom. The minimum Gasteiger partial charge on any atom is -0.306 e. The number of fused-ring (bicyclic) bond motifs is 1. The van der Waals surface area contributed by atoms with E-state index in [1.165, 1.54) is 47.9 Å². The molecule has 1 N–H and O–H groups in total. The van der Waals surface area contributed by atoms with Crippen LogP contribution in [0.15, 0.2) is 24.3 Å². The summed E-state index contributed by atoms with van der Waals surface area (Å²) in [6, 6.07) is 10.9. The molecule has 2 aliphatic heterocycles. The molecular formula is C16H23IN2. The summed E-state index contributed by atoms with van der Waals surface area (Å²) in [5.41, 5.74) is 1.41. The minimum atomic E-state index is 0.462. The van der Waals surface area contributed by atoms with Gasteiger partial charge in [0, 0.05) is 28.2 Å². The zero-order valence-electron chi connectivity index (χ0n) is 11.6. The molecule has 0 spiro atoms. The third-order valence-electron chi connectivity index (χ3n) is 4.69.